The van der Waals surface area contributed by atoms with Crippen LogP contribution in [0.2, 0.25) is 0 Å². The zero-order valence-corrected chi connectivity index (χ0v) is 10.0. The number of methoxy groups -OCH3 is 1. The highest BCUT2D eigenvalue weighted by Crippen LogP contribution is 2.30. The van der Waals surface area contributed by atoms with E-state index >= 15 is 0 Å². The van der Waals surface area contributed by atoms with Crippen molar-refractivity contribution in [1.82, 2.24) is 0 Å². The third-order valence-corrected chi connectivity index (χ3v) is 2.96. The molecule has 3 nitrogen and oxygen atoms in total. The molecule has 16 heavy (non-hydrogen) atoms. The fraction of sp³-hybridized carbons (Fsp3) is 0.417. The van der Waals surface area contributed by atoms with Crippen molar-refractivity contribution in [1.29, 1.82) is 0 Å². The molecule has 2 N–H and O–H groups in total. The van der Waals surface area contributed by atoms with Crippen LogP contribution in [-0.2, 0) is 11.2 Å². The fourth-order valence-electron chi connectivity index (χ4n) is 2.19. The van der Waals surface area contributed by atoms with Gasteiger partial charge in [0.1, 0.15) is 0 Å². The number of hydrogen-bond donors (Lipinski definition) is 1. The Kier molecular flexibility index (Phi) is 4.33. The van der Waals surface area contributed by atoms with Gasteiger partial charge in [0.05, 0.1) is 12.7 Å². The van der Waals surface area contributed by atoms with Crippen LogP contribution in [0.5, 0.6) is 0 Å². The molecular formula is C12H16ClNO2. The lowest BCUT2D eigenvalue weighted by atomic mass is 9.85. The van der Waals surface area contributed by atoms with E-state index in [0.717, 1.165) is 30.4 Å². The van der Waals surface area contributed by atoms with Crippen LogP contribution in [0.4, 0.5) is 0 Å². The second-order valence-corrected chi connectivity index (χ2v) is 3.86. The van der Waals surface area contributed by atoms with Crippen molar-refractivity contribution in [3.63, 3.8) is 0 Å². The molecule has 0 saturated carbocycles. The van der Waals surface area contributed by atoms with Gasteiger partial charge in [-0.25, -0.2) is 4.79 Å². The van der Waals surface area contributed by atoms with Crippen LogP contribution in [0.1, 0.15) is 40.4 Å². The smallest absolute Gasteiger partial charge is 0.338 e. The van der Waals surface area contributed by atoms with Crippen molar-refractivity contribution in [2.75, 3.05) is 7.11 Å². The Hall–Kier alpha value is -1.06. The van der Waals surface area contributed by atoms with E-state index in [-0.39, 0.29) is 24.4 Å². The van der Waals surface area contributed by atoms with Crippen LogP contribution in [0, 0.1) is 0 Å². The first-order valence-corrected chi connectivity index (χ1v) is 5.19. The van der Waals surface area contributed by atoms with Crippen LogP contribution in [0.15, 0.2) is 18.2 Å². The van der Waals surface area contributed by atoms with Gasteiger partial charge in [-0.15, -0.1) is 12.4 Å². The van der Waals surface area contributed by atoms with Crippen LogP contribution in [0.25, 0.3) is 0 Å². The monoisotopic (exact) mass is 241 g/mol. The van der Waals surface area contributed by atoms with Crippen molar-refractivity contribution >= 4 is 18.4 Å². The third-order valence-electron chi connectivity index (χ3n) is 2.96. The summed E-state index contributed by atoms with van der Waals surface area (Å²) in [7, 11) is 1.41. The molecule has 0 fully saturated rings. The van der Waals surface area contributed by atoms with Crippen LogP contribution in [0.3, 0.4) is 0 Å². The fourth-order valence-corrected chi connectivity index (χ4v) is 2.19. The lowest BCUT2D eigenvalue weighted by Crippen LogP contribution is -2.20. The molecule has 0 spiro atoms. The Balaban J connectivity index is 0.00000128. The number of hydrogen-bond acceptors (Lipinski definition) is 3. The van der Waals surface area contributed by atoms with Gasteiger partial charge in [-0.3, -0.25) is 0 Å². The lowest BCUT2D eigenvalue weighted by Gasteiger charge is -2.23. The molecule has 0 radical (unpaired) electrons. The summed E-state index contributed by atoms with van der Waals surface area (Å²) < 4.78 is 4.76. The predicted octanol–water partition coefficient (Wildman–Crippen LogP) is 2.23. The number of benzene rings is 1. The Morgan fingerprint density at radius 2 is 2.25 bits per heavy atom. The molecule has 88 valence electrons. The number of esters is 1. The normalized spacial score (nSPS) is 18.2. The Morgan fingerprint density at radius 3 is 2.94 bits per heavy atom. The number of carbonyl (C=O) groups is 1. The quantitative estimate of drug-likeness (QED) is 0.768. The first-order valence-electron chi connectivity index (χ1n) is 5.19. The average Bonchev–Trinajstić information content (AvgIpc) is 2.28. The van der Waals surface area contributed by atoms with Gasteiger partial charge in [0.15, 0.2) is 0 Å². The van der Waals surface area contributed by atoms with E-state index in [9.17, 15) is 4.79 Å². The number of rotatable bonds is 1. The molecule has 4 heteroatoms. The molecule has 0 aromatic heterocycles. The minimum Gasteiger partial charge on any atom is -0.465 e. The van der Waals surface area contributed by atoms with E-state index in [0.29, 0.717) is 5.56 Å². The number of fused-ring (bicyclic) bond motifs is 1. The van der Waals surface area contributed by atoms with E-state index in [4.69, 9.17) is 10.5 Å². The first-order chi connectivity index (χ1) is 7.24. The summed E-state index contributed by atoms with van der Waals surface area (Å²) in [5.74, 6) is -0.263. The maximum absolute atomic E-state index is 11.5. The molecule has 1 aliphatic rings. The zero-order chi connectivity index (χ0) is 10.8. The maximum atomic E-state index is 11.5. The van der Waals surface area contributed by atoms with E-state index in [1.54, 1.807) is 0 Å². The molecule has 0 saturated heterocycles. The largest absolute Gasteiger partial charge is 0.465 e. The molecule has 1 atom stereocenters. The first kappa shape index (κ1) is 13.0. The summed E-state index contributed by atoms with van der Waals surface area (Å²) >= 11 is 0. The number of nitrogens with two attached hydrogens (primary N) is 1. The Labute approximate surface area is 101 Å². The highest BCUT2D eigenvalue weighted by molar-refractivity contribution is 5.91. The van der Waals surface area contributed by atoms with E-state index < -0.39 is 0 Å². The van der Waals surface area contributed by atoms with Gasteiger partial charge < -0.3 is 10.5 Å². The highest BCUT2D eigenvalue weighted by atomic mass is 35.5. The minimum atomic E-state index is -0.263. The van der Waals surface area contributed by atoms with Gasteiger partial charge in [0, 0.05) is 6.04 Å². The minimum absolute atomic E-state index is 0. The number of carbonyl (C=O) groups excluding carboxylic acids is 1. The molecule has 2 rings (SSSR count). The van der Waals surface area contributed by atoms with Crippen molar-refractivity contribution < 1.29 is 9.53 Å². The molecule has 0 amide bonds. The summed E-state index contributed by atoms with van der Waals surface area (Å²) in [5.41, 5.74) is 8.85. The summed E-state index contributed by atoms with van der Waals surface area (Å²) in [4.78, 5) is 11.5. The average molecular weight is 242 g/mol. The molecular weight excluding hydrogens is 226 g/mol. The third kappa shape index (κ3) is 2.20. The van der Waals surface area contributed by atoms with E-state index in [1.165, 1.54) is 7.11 Å². The van der Waals surface area contributed by atoms with Crippen LogP contribution >= 0.6 is 12.4 Å². The van der Waals surface area contributed by atoms with E-state index in [1.807, 2.05) is 18.2 Å². The second-order valence-electron chi connectivity index (χ2n) is 3.86. The van der Waals surface area contributed by atoms with Crippen molar-refractivity contribution in [3.8, 4) is 0 Å². The van der Waals surface area contributed by atoms with Gasteiger partial charge in [0.25, 0.3) is 0 Å². The Bertz CT molecular complexity index is 393. The van der Waals surface area contributed by atoms with Gasteiger partial charge in [-0.1, -0.05) is 12.1 Å². The lowest BCUT2D eigenvalue weighted by molar-refractivity contribution is 0.0599. The van der Waals surface area contributed by atoms with Crippen LogP contribution < -0.4 is 5.73 Å². The second kappa shape index (κ2) is 5.32. The molecule has 0 aliphatic heterocycles. The van der Waals surface area contributed by atoms with Gasteiger partial charge in [0.2, 0.25) is 0 Å². The molecule has 0 bridgehead atoms. The van der Waals surface area contributed by atoms with E-state index in [2.05, 4.69) is 0 Å². The van der Waals surface area contributed by atoms with Gasteiger partial charge in [-0.2, -0.15) is 0 Å². The summed E-state index contributed by atoms with van der Waals surface area (Å²) in [6.45, 7) is 0. The zero-order valence-electron chi connectivity index (χ0n) is 9.23. The van der Waals surface area contributed by atoms with Gasteiger partial charge in [-0.05, 0) is 36.5 Å². The highest BCUT2D eigenvalue weighted by Gasteiger charge is 2.21. The predicted molar refractivity (Wildman–Crippen MR) is 64.9 cm³/mol. The van der Waals surface area contributed by atoms with Crippen molar-refractivity contribution in [2.24, 2.45) is 5.73 Å². The summed E-state index contributed by atoms with van der Waals surface area (Å²) in [5, 5.41) is 0. The molecule has 1 aromatic carbocycles. The Morgan fingerprint density at radius 1 is 1.50 bits per heavy atom. The molecule has 0 unspecified atom stereocenters. The molecule has 0 heterocycles. The standard InChI is InChI=1S/C12H15NO2.ClH/c1-15-12(14)10-6-2-5-9-8(10)4-3-7-11(9)13;/h2,5-6,11H,3-4,7,13H2,1H3;1H/t11-;/m1./s1. The molecule has 1 aromatic rings. The van der Waals surface area contributed by atoms with Crippen molar-refractivity contribution in [3.05, 3.63) is 34.9 Å². The number of ether oxygens (including phenoxy) is 1. The van der Waals surface area contributed by atoms with Crippen molar-refractivity contribution in [2.45, 2.75) is 25.3 Å². The van der Waals surface area contributed by atoms with Crippen LogP contribution in [-0.4, -0.2) is 13.1 Å². The maximum Gasteiger partial charge on any atom is 0.338 e. The number of halogens is 1. The summed E-state index contributed by atoms with van der Waals surface area (Å²) in [6, 6.07) is 5.75. The topological polar surface area (TPSA) is 52.3 Å². The van der Waals surface area contributed by atoms with Gasteiger partial charge >= 0.3 is 5.97 Å². The molecule has 1 aliphatic carbocycles. The summed E-state index contributed by atoms with van der Waals surface area (Å²) in [6.07, 6.45) is 2.97. The SMILES string of the molecule is COC(=O)c1cccc2c1CCC[C@H]2N.Cl.